The van der Waals surface area contributed by atoms with Crippen LogP contribution in [0.4, 0.5) is 10.5 Å². The van der Waals surface area contributed by atoms with Crippen LogP contribution < -0.4 is 11.1 Å². The minimum atomic E-state index is -0.819. The van der Waals surface area contributed by atoms with Crippen molar-refractivity contribution in [3.63, 3.8) is 0 Å². The number of hydrogen-bond donors (Lipinski definition) is 2. The molecule has 142 valence electrons. The molecule has 7 nitrogen and oxygen atoms in total. The van der Waals surface area contributed by atoms with Gasteiger partial charge in [0.2, 0.25) is 0 Å². The first-order valence-corrected chi connectivity index (χ1v) is 9.40. The number of carbonyl (C=O) groups excluding carboxylic acids is 1. The van der Waals surface area contributed by atoms with Crippen LogP contribution in [0.1, 0.15) is 5.69 Å². The summed E-state index contributed by atoms with van der Waals surface area (Å²) in [5, 5.41) is 7.74. The molecule has 1 aromatic heterocycles. The molecule has 10 heteroatoms. The molecule has 0 fully saturated rings. The molecule has 3 N–H and O–H groups in total. The fourth-order valence-corrected chi connectivity index (χ4v) is 3.21. The Balaban J connectivity index is 1.70. The minimum absolute atomic E-state index is 0.0918. The van der Waals surface area contributed by atoms with Crippen LogP contribution in [0, 0.1) is 0 Å². The lowest BCUT2D eigenvalue weighted by atomic mass is 10.3. The van der Waals surface area contributed by atoms with E-state index in [-0.39, 0.29) is 11.5 Å². The fourth-order valence-electron chi connectivity index (χ4n) is 2.03. The number of anilines is 1. The lowest BCUT2D eigenvalue weighted by molar-refractivity contribution is 0.166. The molecule has 2 aromatic carbocycles. The largest absolute Gasteiger partial charge is 0.437 e. The molecule has 0 atom stereocenters. The smallest absolute Gasteiger partial charge is 0.379 e. The number of amidine groups is 1. The number of aromatic nitrogens is 2. The number of oxime groups is 1. The van der Waals surface area contributed by atoms with Crippen molar-refractivity contribution in [1.82, 2.24) is 9.97 Å². The summed E-state index contributed by atoms with van der Waals surface area (Å²) >= 11 is 13.1. The summed E-state index contributed by atoms with van der Waals surface area (Å²) in [6.45, 7) is 0. The quantitative estimate of drug-likeness (QED) is 0.259. The molecular weight excluding hydrogens is 421 g/mol. The van der Waals surface area contributed by atoms with E-state index in [1.54, 1.807) is 36.4 Å². The normalized spacial score (nSPS) is 11.1. The Morgan fingerprint density at radius 1 is 1.07 bits per heavy atom. The van der Waals surface area contributed by atoms with Gasteiger partial charge in [-0.1, -0.05) is 46.2 Å². The number of carbonyl (C=O) groups is 1. The number of nitrogens with two attached hydrogens (primary N) is 1. The van der Waals surface area contributed by atoms with Crippen LogP contribution in [-0.4, -0.2) is 21.9 Å². The van der Waals surface area contributed by atoms with E-state index in [9.17, 15) is 4.79 Å². The van der Waals surface area contributed by atoms with E-state index < -0.39 is 6.09 Å². The summed E-state index contributed by atoms with van der Waals surface area (Å²) in [6, 6.07) is 13.8. The molecule has 0 bridgehead atoms. The third kappa shape index (κ3) is 5.59. The van der Waals surface area contributed by atoms with Gasteiger partial charge >= 0.3 is 6.09 Å². The molecular formula is C18H13Cl2N5O2S. The predicted molar refractivity (Wildman–Crippen MR) is 110 cm³/mol. The Morgan fingerprint density at radius 3 is 2.57 bits per heavy atom. The monoisotopic (exact) mass is 433 g/mol. The summed E-state index contributed by atoms with van der Waals surface area (Å²) in [4.78, 5) is 26.0. The second-order valence-electron chi connectivity index (χ2n) is 5.26. The zero-order valence-corrected chi connectivity index (χ0v) is 16.5. The Bertz CT molecular complexity index is 1010. The first kappa shape index (κ1) is 19.9. The van der Waals surface area contributed by atoms with Crippen LogP contribution in [-0.2, 0) is 4.84 Å². The maximum Gasteiger partial charge on any atom is 0.437 e. The maximum absolute atomic E-state index is 11.9. The lowest BCUT2D eigenvalue weighted by Gasteiger charge is -2.07. The van der Waals surface area contributed by atoms with Crippen molar-refractivity contribution in [1.29, 1.82) is 0 Å². The van der Waals surface area contributed by atoms with Crippen molar-refractivity contribution in [3.05, 3.63) is 76.7 Å². The van der Waals surface area contributed by atoms with Crippen LogP contribution in [0.5, 0.6) is 0 Å². The SMILES string of the molecule is N/C(=N/OC(=O)Nc1cccc(Cl)c1)c1nccnc1Sc1ccc(Cl)cc1. The molecule has 0 spiro atoms. The van der Waals surface area contributed by atoms with Gasteiger partial charge in [0.1, 0.15) is 10.7 Å². The highest BCUT2D eigenvalue weighted by atomic mass is 35.5. The van der Waals surface area contributed by atoms with E-state index in [2.05, 4.69) is 20.4 Å². The highest BCUT2D eigenvalue weighted by molar-refractivity contribution is 7.99. The number of benzene rings is 2. The van der Waals surface area contributed by atoms with E-state index in [1.165, 1.54) is 24.2 Å². The van der Waals surface area contributed by atoms with E-state index in [1.807, 2.05) is 12.1 Å². The summed E-state index contributed by atoms with van der Waals surface area (Å²) in [6.07, 6.45) is 2.18. The average molecular weight is 434 g/mol. The molecule has 0 unspecified atom stereocenters. The van der Waals surface area contributed by atoms with Crippen molar-refractivity contribution >= 4 is 52.6 Å². The molecule has 0 saturated heterocycles. The van der Waals surface area contributed by atoms with Crippen molar-refractivity contribution < 1.29 is 9.63 Å². The summed E-state index contributed by atoms with van der Waals surface area (Å²) in [5.74, 6) is -0.0918. The van der Waals surface area contributed by atoms with E-state index in [0.29, 0.717) is 20.8 Å². The number of nitrogens with zero attached hydrogens (tertiary/aromatic N) is 3. The second-order valence-corrected chi connectivity index (χ2v) is 7.19. The molecule has 0 radical (unpaired) electrons. The molecule has 3 aromatic rings. The number of hydrogen-bond acceptors (Lipinski definition) is 6. The van der Waals surface area contributed by atoms with Crippen LogP contribution in [0.15, 0.2) is 76.0 Å². The van der Waals surface area contributed by atoms with Gasteiger partial charge in [0.05, 0.1) is 0 Å². The minimum Gasteiger partial charge on any atom is -0.379 e. The molecule has 28 heavy (non-hydrogen) atoms. The summed E-state index contributed by atoms with van der Waals surface area (Å²) in [5.41, 5.74) is 6.68. The van der Waals surface area contributed by atoms with Crippen molar-refractivity contribution in [2.45, 2.75) is 9.92 Å². The maximum atomic E-state index is 11.9. The molecule has 1 amide bonds. The van der Waals surface area contributed by atoms with E-state index >= 15 is 0 Å². The predicted octanol–water partition coefficient (Wildman–Crippen LogP) is 4.80. The van der Waals surface area contributed by atoms with Gasteiger partial charge in [-0.05, 0) is 42.5 Å². The van der Waals surface area contributed by atoms with Crippen LogP contribution >= 0.6 is 35.0 Å². The van der Waals surface area contributed by atoms with Gasteiger partial charge in [0.25, 0.3) is 0 Å². The third-order valence-corrected chi connectivity index (χ3v) is 4.72. The standard InChI is InChI=1S/C18H13Cl2N5O2S/c19-11-4-6-14(7-5-11)28-17-15(22-8-9-23-17)16(21)25-27-18(26)24-13-3-1-2-12(20)10-13/h1-10H,(H2,21,25)(H,24,26). The number of amides is 1. The molecule has 0 aliphatic heterocycles. The Hall–Kier alpha value is -2.81. The topological polar surface area (TPSA) is 102 Å². The average Bonchev–Trinajstić information content (AvgIpc) is 2.68. The van der Waals surface area contributed by atoms with Gasteiger partial charge in [-0.15, -0.1) is 0 Å². The van der Waals surface area contributed by atoms with Gasteiger partial charge in [-0.3, -0.25) is 10.2 Å². The fraction of sp³-hybridized carbons (Fsp3) is 0. The number of nitrogens with one attached hydrogen (secondary N) is 1. The lowest BCUT2D eigenvalue weighted by Crippen LogP contribution is -2.19. The van der Waals surface area contributed by atoms with Gasteiger partial charge in [0, 0.05) is 33.0 Å². The molecule has 0 aliphatic carbocycles. The van der Waals surface area contributed by atoms with Gasteiger partial charge < -0.3 is 5.73 Å². The zero-order valence-electron chi connectivity index (χ0n) is 14.2. The molecule has 0 saturated carbocycles. The summed E-state index contributed by atoms with van der Waals surface area (Å²) < 4.78 is 0. The van der Waals surface area contributed by atoms with E-state index in [4.69, 9.17) is 33.8 Å². The summed E-state index contributed by atoms with van der Waals surface area (Å²) in [7, 11) is 0. The molecule has 0 aliphatic rings. The first-order valence-electron chi connectivity index (χ1n) is 7.83. The zero-order chi connectivity index (χ0) is 19.9. The highest BCUT2D eigenvalue weighted by Gasteiger charge is 2.13. The number of halogens is 2. The second kappa shape index (κ2) is 9.41. The van der Waals surface area contributed by atoms with Crippen molar-refractivity contribution in [2.75, 3.05) is 5.32 Å². The van der Waals surface area contributed by atoms with Gasteiger partial charge in [0.15, 0.2) is 5.84 Å². The highest BCUT2D eigenvalue weighted by Crippen LogP contribution is 2.28. The third-order valence-electron chi connectivity index (χ3n) is 3.23. The Labute approximate surface area is 174 Å². The number of rotatable bonds is 5. The molecule has 3 rings (SSSR count). The van der Waals surface area contributed by atoms with Crippen LogP contribution in [0.2, 0.25) is 10.0 Å². The Morgan fingerprint density at radius 2 is 1.82 bits per heavy atom. The van der Waals surface area contributed by atoms with E-state index in [0.717, 1.165) is 4.90 Å². The molecule has 1 heterocycles. The van der Waals surface area contributed by atoms with Gasteiger partial charge in [-0.25, -0.2) is 14.8 Å². The van der Waals surface area contributed by atoms with Crippen molar-refractivity contribution in [3.8, 4) is 0 Å². The van der Waals surface area contributed by atoms with Crippen LogP contribution in [0.3, 0.4) is 0 Å². The first-order chi connectivity index (χ1) is 13.5. The van der Waals surface area contributed by atoms with Crippen LogP contribution in [0.25, 0.3) is 0 Å². The van der Waals surface area contributed by atoms with Crippen molar-refractivity contribution in [2.24, 2.45) is 10.9 Å². The van der Waals surface area contributed by atoms with Gasteiger partial charge in [-0.2, -0.15) is 0 Å². The Kier molecular flexibility index (Phi) is 6.70.